The van der Waals surface area contributed by atoms with Crippen molar-refractivity contribution in [2.45, 2.75) is 65.2 Å². The van der Waals surface area contributed by atoms with Crippen molar-refractivity contribution >= 4 is 0 Å². The second-order valence-electron chi connectivity index (χ2n) is 8.75. The standard InChI is InChI=1S/C32H32F2/c1-3-4-5-6-7-8-9-10-26-15-17-28(18-16-26)19-20-29-23-31(33)30(32(34)24-29)22-21-27-13-11-25(2)12-14-27/h11-18,23-24H,3-10H2,1-2H3. The number of aryl methyl sites for hydroxylation is 2. The number of halogens is 2. The van der Waals surface area contributed by atoms with Crippen LogP contribution in [0.3, 0.4) is 0 Å². The van der Waals surface area contributed by atoms with E-state index >= 15 is 0 Å². The van der Waals surface area contributed by atoms with Gasteiger partial charge in [-0.2, -0.15) is 0 Å². The number of hydrogen-bond donors (Lipinski definition) is 0. The topological polar surface area (TPSA) is 0 Å². The van der Waals surface area contributed by atoms with E-state index in [4.69, 9.17) is 0 Å². The van der Waals surface area contributed by atoms with Gasteiger partial charge in [0, 0.05) is 16.7 Å². The molecule has 3 aromatic carbocycles. The van der Waals surface area contributed by atoms with Gasteiger partial charge < -0.3 is 0 Å². The van der Waals surface area contributed by atoms with Crippen LogP contribution in [0, 0.1) is 42.2 Å². The van der Waals surface area contributed by atoms with Crippen molar-refractivity contribution in [1.29, 1.82) is 0 Å². The third-order valence-corrected chi connectivity index (χ3v) is 5.80. The quantitative estimate of drug-likeness (QED) is 0.237. The summed E-state index contributed by atoms with van der Waals surface area (Å²) in [6.07, 6.45) is 10.2. The number of unbranched alkanes of at least 4 members (excludes halogenated alkanes) is 6. The molecule has 34 heavy (non-hydrogen) atoms. The highest BCUT2D eigenvalue weighted by Crippen LogP contribution is 2.15. The highest BCUT2D eigenvalue weighted by atomic mass is 19.1. The van der Waals surface area contributed by atoms with Crippen molar-refractivity contribution in [1.82, 2.24) is 0 Å². The van der Waals surface area contributed by atoms with Gasteiger partial charge in [-0.15, -0.1) is 0 Å². The Morgan fingerprint density at radius 2 is 1.09 bits per heavy atom. The Kier molecular flexibility index (Phi) is 9.94. The molecule has 0 saturated heterocycles. The van der Waals surface area contributed by atoms with Gasteiger partial charge in [0.2, 0.25) is 0 Å². The van der Waals surface area contributed by atoms with E-state index in [2.05, 4.69) is 42.7 Å². The van der Waals surface area contributed by atoms with Crippen molar-refractivity contribution < 1.29 is 8.78 Å². The first-order valence-electron chi connectivity index (χ1n) is 12.2. The molecule has 0 saturated carbocycles. The zero-order valence-corrected chi connectivity index (χ0v) is 20.2. The molecule has 3 rings (SSSR count). The number of benzene rings is 3. The Hall–Kier alpha value is -3.36. The highest BCUT2D eigenvalue weighted by molar-refractivity contribution is 5.49. The van der Waals surface area contributed by atoms with Crippen LogP contribution in [0.5, 0.6) is 0 Å². The van der Waals surface area contributed by atoms with Crippen LogP contribution in [0.1, 0.15) is 85.3 Å². The maximum absolute atomic E-state index is 14.5. The molecule has 2 heteroatoms. The molecule has 0 nitrogen and oxygen atoms in total. The zero-order valence-electron chi connectivity index (χ0n) is 20.2. The predicted molar refractivity (Wildman–Crippen MR) is 138 cm³/mol. The summed E-state index contributed by atoms with van der Waals surface area (Å²) in [6, 6.07) is 18.1. The first kappa shape index (κ1) is 25.3. The van der Waals surface area contributed by atoms with Gasteiger partial charge in [0.15, 0.2) is 0 Å². The number of hydrogen-bond acceptors (Lipinski definition) is 0. The highest BCUT2D eigenvalue weighted by Gasteiger charge is 2.08. The molecular formula is C32H32F2. The largest absolute Gasteiger partial charge is 0.205 e. The van der Waals surface area contributed by atoms with Crippen LogP contribution in [0.4, 0.5) is 8.78 Å². The molecule has 0 N–H and O–H groups in total. The van der Waals surface area contributed by atoms with E-state index in [0.29, 0.717) is 11.1 Å². The van der Waals surface area contributed by atoms with E-state index in [1.54, 1.807) is 0 Å². The molecule has 174 valence electrons. The van der Waals surface area contributed by atoms with Gasteiger partial charge >= 0.3 is 0 Å². The molecule has 3 aromatic rings. The van der Waals surface area contributed by atoms with Crippen molar-refractivity contribution in [3.8, 4) is 23.7 Å². The second kappa shape index (κ2) is 13.4. The summed E-state index contributed by atoms with van der Waals surface area (Å²) in [6.45, 7) is 4.21. The lowest BCUT2D eigenvalue weighted by Gasteiger charge is -2.03. The smallest absolute Gasteiger partial charge is 0.143 e. The molecule has 0 atom stereocenters. The minimum atomic E-state index is -0.700. The van der Waals surface area contributed by atoms with Gasteiger partial charge in [-0.3, -0.25) is 0 Å². The third-order valence-electron chi connectivity index (χ3n) is 5.80. The minimum Gasteiger partial charge on any atom is -0.205 e. The van der Waals surface area contributed by atoms with Crippen LogP contribution in [0.25, 0.3) is 0 Å². The fourth-order valence-electron chi connectivity index (χ4n) is 3.72. The normalized spacial score (nSPS) is 10.2. The molecule has 0 aliphatic heterocycles. The molecule has 0 aliphatic rings. The van der Waals surface area contributed by atoms with Crippen LogP contribution in [-0.4, -0.2) is 0 Å². The second-order valence-corrected chi connectivity index (χ2v) is 8.75. The van der Waals surface area contributed by atoms with Gasteiger partial charge in [-0.1, -0.05) is 99.0 Å². The lowest BCUT2D eigenvalue weighted by atomic mass is 10.0. The van der Waals surface area contributed by atoms with E-state index < -0.39 is 11.6 Å². The molecule has 0 spiro atoms. The SMILES string of the molecule is CCCCCCCCCc1ccc(C#Cc2cc(F)c(C#Cc3ccc(C)cc3)c(F)c2)cc1. The molecular weight excluding hydrogens is 422 g/mol. The van der Waals surface area contributed by atoms with Crippen molar-refractivity contribution in [2.75, 3.05) is 0 Å². The van der Waals surface area contributed by atoms with E-state index in [9.17, 15) is 8.78 Å². The maximum atomic E-state index is 14.5. The Morgan fingerprint density at radius 1 is 0.588 bits per heavy atom. The van der Waals surface area contributed by atoms with Crippen molar-refractivity contribution in [3.63, 3.8) is 0 Å². The van der Waals surface area contributed by atoms with Crippen LogP contribution in [0.15, 0.2) is 60.7 Å². The van der Waals surface area contributed by atoms with Crippen molar-refractivity contribution in [2.24, 2.45) is 0 Å². The van der Waals surface area contributed by atoms with Gasteiger partial charge in [0.05, 0.1) is 5.56 Å². The maximum Gasteiger partial charge on any atom is 0.143 e. The predicted octanol–water partition coefficient (Wildman–Crippen LogP) is 8.37. The van der Waals surface area contributed by atoms with Gasteiger partial charge in [-0.25, -0.2) is 8.78 Å². The van der Waals surface area contributed by atoms with Gasteiger partial charge in [0.1, 0.15) is 11.6 Å². The Balaban J connectivity index is 1.58. The molecule has 0 amide bonds. The first-order valence-corrected chi connectivity index (χ1v) is 12.2. The van der Waals surface area contributed by atoms with Gasteiger partial charge in [-0.05, 0) is 61.7 Å². The summed E-state index contributed by atoms with van der Waals surface area (Å²) in [4.78, 5) is 0. The summed E-state index contributed by atoms with van der Waals surface area (Å²) in [5.41, 5.74) is 4.00. The summed E-state index contributed by atoms with van der Waals surface area (Å²) in [5, 5.41) is 0. The summed E-state index contributed by atoms with van der Waals surface area (Å²) >= 11 is 0. The van der Waals surface area contributed by atoms with E-state index in [1.165, 1.54) is 62.6 Å². The Bertz CT molecular complexity index is 1160. The Labute approximate surface area is 203 Å². The lowest BCUT2D eigenvalue weighted by Crippen LogP contribution is -1.92. The third kappa shape index (κ3) is 8.20. The van der Waals surface area contributed by atoms with Crippen LogP contribution >= 0.6 is 0 Å². The van der Waals surface area contributed by atoms with E-state index in [1.807, 2.05) is 43.3 Å². The summed E-state index contributed by atoms with van der Waals surface area (Å²) in [7, 11) is 0. The first-order chi connectivity index (χ1) is 16.5. The summed E-state index contributed by atoms with van der Waals surface area (Å²) in [5.74, 6) is 9.89. The molecule has 0 aliphatic carbocycles. The Morgan fingerprint density at radius 3 is 1.71 bits per heavy atom. The van der Waals surface area contributed by atoms with Crippen LogP contribution in [-0.2, 0) is 6.42 Å². The summed E-state index contributed by atoms with van der Waals surface area (Å²) < 4.78 is 29.0. The molecule has 0 radical (unpaired) electrons. The average Bonchev–Trinajstić information content (AvgIpc) is 2.83. The molecule has 0 heterocycles. The van der Waals surface area contributed by atoms with Crippen LogP contribution in [0.2, 0.25) is 0 Å². The van der Waals surface area contributed by atoms with Crippen LogP contribution < -0.4 is 0 Å². The fourth-order valence-corrected chi connectivity index (χ4v) is 3.72. The minimum absolute atomic E-state index is 0.235. The van der Waals surface area contributed by atoms with E-state index in [0.717, 1.165) is 17.5 Å². The molecule has 0 fully saturated rings. The lowest BCUT2D eigenvalue weighted by molar-refractivity contribution is 0.577. The number of rotatable bonds is 8. The molecule has 0 aromatic heterocycles. The average molecular weight is 455 g/mol. The zero-order chi connectivity index (χ0) is 24.2. The van der Waals surface area contributed by atoms with E-state index in [-0.39, 0.29) is 5.56 Å². The molecule has 0 unspecified atom stereocenters. The fraction of sp³-hybridized carbons (Fsp3) is 0.312. The monoisotopic (exact) mass is 454 g/mol. The van der Waals surface area contributed by atoms with Gasteiger partial charge in [0.25, 0.3) is 0 Å². The van der Waals surface area contributed by atoms with Crippen molar-refractivity contribution in [3.05, 3.63) is 106 Å². The molecule has 0 bridgehead atoms.